The van der Waals surface area contributed by atoms with Gasteiger partial charge in [0.05, 0.1) is 11.6 Å². The van der Waals surface area contributed by atoms with Crippen molar-refractivity contribution in [1.29, 1.82) is 10.5 Å². The third-order valence-corrected chi connectivity index (χ3v) is 4.94. The van der Waals surface area contributed by atoms with Crippen molar-refractivity contribution in [1.82, 2.24) is 4.57 Å². The Balaban J connectivity index is 2.16. The SMILES string of the molecule is Cc1oc(-n2c(C)cc(/C=C(/C#N)c3cccc(Cl)c3)c2C)c(C#N)c1C. The molecule has 0 saturated carbocycles. The van der Waals surface area contributed by atoms with Crippen LogP contribution in [0, 0.1) is 50.4 Å². The van der Waals surface area contributed by atoms with E-state index in [1.165, 1.54) is 0 Å². The van der Waals surface area contributed by atoms with Crippen LogP contribution in [0.1, 0.15) is 39.4 Å². The number of nitrogens with zero attached hydrogens (tertiary/aromatic N) is 3. The van der Waals surface area contributed by atoms with Crippen LogP contribution in [0.4, 0.5) is 0 Å². The van der Waals surface area contributed by atoms with Crippen LogP contribution in [-0.2, 0) is 0 Å². The molecule has 0 spiro atoms. The van der Waals surface area contributed by atoms with Crippen LogP contribution in [-0.4, -0.2) is 4.57 Å². The van der Waals surface area contributed by atoms with E-state index in [1.54, 1.807) is 12.1 Å². The van der Waals surface area contributed by atoms with Crippen molar-refractivity contribution in [2.45, 2.75) is 27.7 Å². The maximum absolute atomic E-state index is 9.61. The first-order chi connectivity index (χ1) is 12.9. The fourth-order valence-electron chi connectivity index (χ4n) is 3.14. The van der Waals surface area contributed by atoms with E-state index in [0.717, 1.165) is 33.8 Å². The highest BCUT2D eigenvalue weighted by Crippen LogP contribution is 2.30. The zero-order chi connectivity index (χ0) is 19.7. The van der Waals surface area contributed by atoms with Crippen molar-refractivity contribution in [2.24, 2.45) is 0 Å². The molecular weight excluding hydrogens is 358 g/mol. The summed E-state index contributed by atoms with van der Waals surface area (Å²) in [5.41, 5.74) is 5.36. The van der Waals surface area contributed by atoms with Gasteiger partial charge in [-0.25, -0.2) is 0 Å². The monoisotopic (exact) mass is 375 g/mol. The maximum Gasteiger partial charge on any atom is 0.222 e. The van der Waals surface area contributed by atoms with Gasteiger partial charge in [0.25, 0.3) is 0 Å². The predicted octanol–water partition coefficient (Wildman–Crippen LogP) is 5.89. The number of halogens is 1. The number of furan rings is 1. The van der Waals surface area contributed by atoms with Crippen LogP contribution in [0.5, 0.6) is 0 Å². The number of allylic oxidation sites excluding steroid dienone is 1. The minimum absolute atomic E-state index is 0.517. The molecular formula is C22H18ClN3O. The van der Waals surface area contributed by atoms with Gasteiger partial charge in [-0.2, -0.15) is 10.5 Å². The van der Waals surface area contributed by atoms with Gasteiger partial charge in [0.1, 0.15) is 17.4 Å². The van der Waals surface area contributed by atoms with Crippen molar-refractivity contribution in [3.05, 3.63) is 74.8 Å². The summed E-state index contributed by atoms with van der Waals surface area (Å²) in [6.45, 7) is 7.62. The summed E-state index contributed by atoms with van der Waals surface area (Å²) in [4.78, 5) is 0. The topological polar surface area (TPSA) is 65.7 Å². The molecule has 4 nitrogen and oxygen atoms in total. The van der Waals surface area contributed by atoms with E-state index in [0.29, 0.717) is 22.0 Å². The first kappa shape index (κ1) is 18.6. The number of hydrogen-bond donors (Lipinski definition) is 0. The van der Waals surface area contributed by atoms with Gasteiger partial charge in [0.15, 0.2) is 0 Å². The number of aromatic nitrogens is 1. The Hall–Kier alpha value is -3.21. The summed E-state index contributed by atoms with van der Waals surface area (Å²) in [7, 11) is 0. The van der Waals surface area contributed by atoms with Gasteiger partial charge in [0.2, 0.25) is 5.88 Å². The lowest BCUT2D eigenvalue weighted by Crippen LogP contribution is -2.00. The third-order valence-electron chi connectivity index (χ3n) is 4.71. The van der Waals surface area contributed by atoms with Gasteiger partial charge in [-0.1, -0.05) is 23.7 Å². The molecule has 1 aromatic carbocycles. The summed E-state index contributed by atoms with van der Waals surface area (Å²) in [6, 6.07) is 13.7. The molecule has 3 aromatic rings. The minimum atomic E-state index is 0.517. The average Bonchev–Trinajstić information content (AvgIpc) is 3.07. The normalized spacial score (nSPS) is 11.3. The largest absolute Gasteiger partial charge is 0.443 e. The average molecular weight is 376 g/mol. The van der Waals surface area contributed by atoms with Gasteiger partial charge in [0, 0.05) is 22.0 Å². The van der Waals surface area contributed by atoms with E-state index in [1.807, 2.05) is 56.5 Å². The number of benzene rings is 1. The molecule has 0 bridgehead atoms. The van der Waals surface area contributed by atoms with E-state index in [-0.39, 0.29) is 0 Å². The number of rotatable bonds is 3. The lowest BCUT2D eigenvalue weighted by atomic mass is 10.0. The maximum atomic E-state index is 9.61. The summed E-state index contributed by atoms with van der Waals surface area (Å²) in [5, 5.41) is 19.7. The minimum Gasteiger partial charge on any atom is -0.443 e. The van der Waals surface area contributed by atoms with Crippen LogP contribution in [0.25, 0.3) is 17.5 Å². The Kier molecular flexibility index (Phi) is 4.95. The Morgan fingerprint density at radius 1 is 1.15 bits per heavy atom. The van der Waals surface area contributed by atoms with Crippen molar-refractivity contribution in [3.63, 3.8) is 0 Å². The van der Waals surface area contributed by atoms with Crippen LogP contribution < -0.4 is 0 Å². The van der Waals surface area contributed by atoms with Crippen LogP contribution in [0.15, 0.2) is 34.7 Å². The summed E-state index contributed by atoms with van der Waals surface area (Å²) in [6.07, 6.45) is 1.83. The second kappa shape index (κ2) is 7.19. The van der Waals surface area contributed by atoms with Crippen molar-refractivity contribution < 1.29 is 4.42 Å². The highest BCUT2D eigenvalue weighted by Gasteiger charge is 2.20. The molecule has 0 aliphatic carbocycles. The molecule has 0 aliphatic heterocycles. The Morgan fingerprint density at radius 2 is 1.89 bits per heavy atom. The van der Waals surface area contributed by atoms with Gasteiger partial charge >= 0.3 is 0 Å². The molecule has 0 atom stereocenters. The van der Waals surface area contributed by atoms with Gasteiger partial charge in [-0.05, 0) is 63.1 Å². The summed E-state index contributed by atoms with van der Waals surface area (Å²) < 4.78 is 7.78. The molecule has 0 aliphatic rings. The number of hydrogen-bond acceptors (Lipinski definition) is 3. The molecule has 0 radical (unpaired) electrons. The first-order valence-electron chi connectivity index (χ1n) is 8.44. The van der Waals surface area contributed by atoms with E-state index in [2.05, 4.69) is 12.1 Å². The zero-order valence-corrected chi connectivity index (χ0v) is 16.3. The van der Waals surface area contributed by atoms with Crippen LogP contribution in [0.3, 0.4) is 0 Å². The second-order valence-corrected chi connectivity index (χ2v) is 6.85. The second-order valence-electron chi connectivity index (χ2n) is 6.42. The van der Waals surface area contributed by atoms with Crippen molar-refractivity contribution >= 4 is 23.3 Å². The third kappa shape index (κ3) is 3.28. The summed E-state index contributed by atoms with van der Waals surface area (Å²) in [5.74, 6) is 1.24. The predicted molar refractivity (Wildman–Crippen MR) is 107 cm³/mol. The molecule has 0 amide bonds. The zero-order valence-electron chi connectivity index (χ0n) is 15.6. The molecule has 2 heterocycles. The van der Waals surface area contributed by atoms with Crippen LogP contribution >= 0.6 is 11.6 Å². The molecule has 27 heavy (non-hydrogen) atoms. The summed E-state index contributed by atoms with van der Waals surface area (Å²) >= 11 is 6.06. The van der Waals surface area contributed by atoms with Gasteiger partial charge in [-0.15, -0.1) is 0 Å². The van der Waals surface area contributed by atoms with Crippen LogP contribution in [0.2, 0.25) is 5.02 Å². The molecule has 3 rings (SSSR count). The molecule has 0 N–H and O–H groups in total. The molecule has 2 aromatic heterocycles. The van der Waals surface area contributed by atoms with E-state index in [9.17, 15) is 10.5 Å². The Bertz CT molecular complexity index is 1150. The van der Waals surface area contributed by atoms with E-state index in [4.69, 9.17) is 16.0 Å². The van der Waals surface area contributed by atoms with Gasteiger partial charge in [-0.3, -0.25) is 4.57 Å². The Morgan fingerprint density at radius 3 is 2.52 bits per heavy atom. The fourth-order valence-corrected chi connectivity index (χ4v) is 3.33. The standard InChI is InChI=1S/C22H18ClN3O/c1-13-8-18(9-19(11-24)17-6-5-7-20(23)10-17)15(3)26(13)22-21(12-25)14(2)16(4)27-22/h5-10H,1-4H3/b19-9-. The fraction of sp³-hybridized carbons (Fsp3) is 0.182. The molecule has 0 saturated heterocycles. The Labute approximate surface area is 163 Å². The number of nitriles is 2. The molecule has 5 heteroatoms. The first-order valence-corrected chi connectivity index (χ1v) is 8.82. The highest BCUT2D eigenvalue weighted by atomic mass is 35.5. The van der Waals surface area contributed by atoms with E-state index < -0.39 is 0 Å². The smallest absolute Gasteiger partial charge is 0.222 e. The number of aryl methyl sites for hydroxylation is 2. The lowest BCUT2D eigenvalue weighted by molar-refractivity contribution is 0.503. The van der Waals surface area contributed by atoms with Gasteiger partial charge < -0.3 is 4.42 Å². The quantitative estimate of drug-likeness (QED) is 0.536. The van der Waals surface area contributed by atoms with E-state index >= 15 is 0 Å². The lowest BCUT2D eigenvalue weighted by Gasteiger charge is -2.07. The highest BCUT2D eigenvalue weighted by molar-refractivity contribution is 6.30. The molecule has 134 valence electrons. The molecule has 0 unspecified atom stereocenters. The van der Waals surface area contributed by atoms with Crippen molar-refractivity contribution in [2.75, 3.05) is 0 Å². The van der Waals surface area contributed by atoms with Crippen molar-refractivity contribution in [3.8, 4) is 18.0 Å². The molecule has 0 fully saturated rings.